The Morgan fingerprint density at radius 1 is 1.35 bits per heavy atom. The number of nitriles is 1. The molecule has 0 spiro atoms. The lowest BCUT2D eigenvalue weighted by Gasteiger charge is -2.28. The molecule has 23 heavy (non-hydrogen) atoms. The van der Waals surface area contributed by atoms with Crippen LogP contribution in [0.5, 0.6) is 0 Å². The van der Waals surface area contributed by atoms with Crippen LogP contribution in [0, 0.1) is 11.3 Å². The van der Waals surface area contributed by atoms with E-state index in [1.807, 2.05) is 6.07 Å². The summed E-state index contributed by atoms with van der Waals surface area (Å²) in [5, 5.41) is 8.93. The quantitative estimate of drug-likeness (QED) is 0.875. The van der Waals surface area contributed by atoms with E-state index >= 15 is 0 Å². The van der Waals surface area contributed by atoms with Gasteiger partial charge in [-0.3, -0.25) is 9.59 Å². The minimum absolute atomic E-state index is 0.0514. The lowest BCUT2D eigenvalue weighted by atomic mass is 10.0. The van der Waals surface area contributed by atoms with E-state index in [-0.39, 0.29) is 18.3 Å². The van der Waals surface area contributed by atoms with E-state index in [0.717, 1.165) is 5.56 Å². The third-order valence-corrected chi connectivity index (χ3v) is 3.69. The number of hydrogen-bond donors (Lipinski definition) is 1. The first-order chi connectivity index (χ1) is 11.1. The minimum atomic E-state index is -0.696. The third kappa shape index (κ3) is 2.87. The maximum Gasteiger partial charge on any atom is 0.286 e. The number of carbonyl (C=O) groups excluding carboxylic acids is 2. The number of nitrogens with two attached hydrogens (primary N) is 1. The molecule has 1 aromatic carbocycles. The summed E-state index contributed by atoms with van der Waals surface area (Å²) in [6.07, 6.45) is 2.19. The second kappa shape index (κ2) is 5.85. The summed E-state index contributed by atoms with van der Waals surface area (Å²) >= 11 is 0. The van der Waals surface area contributed by atoms with Gasteiger partial charge in [0.2, 0.25) is 5.82 Å². The minimum Gasteiger partial charge on any atom is -0.363 e. The van der Waals surface area contributed by atoms with E-state index in [9.17, 15) is 9.59 Å². The van der Waals surface area contributed by atoms with Crippen LogP contribution in [-0.2, 0) is 13.0 Å². The van der Waals surface area contributed by atoms with Gasteiger partial charge in [0.15, 0.2) is 0 Å². The summed E-state index contributed by atoms with van der Waals surface area (Å²) in [6, 6.07) is 8.58. The lowest BCUT2D eigenvalue weighted by molar-refractivity contribution is 0.0731. The molecule has 0 aliphatic carbocycles. The van der Waals surface area contributed by atoms with Crippen molar-refractivity contribution in [2.24, 2.45) is 5.73 Å². The van der Waals surface area contributed by atoms with E-state index < -0.39 is 5.91 Å². The first-order valence-corrected chi connectivity index (χ1v) is 7.02. The lowest BCUT2D eigenvalue weighted by Crippen LogP contribution is -2.37. The number of benzene rings is 1. The molecule has 2 aromatic rings. The highest BCUT2D eigenvalue weighted by atomic mass is 16.2. The third-order valence-electron chi connectivity index (χ3n) is 3.69. The number of amides is 2. The summed E-state index contributed by atoms with van der Waals surface area (Å²) in [4.78, 5) is 33.5. The molecule has 1 aliphatic heterocycles. The van der Waals surface area contributed by atoms with Gasteiger partial charge in [0.25, 0.3) is 11.8 Å². The van der Waals surface area contributed by atoms with Crippen molar-refractivity contribution in [3.63, 3.8) is 0 Å². The van der Waals surface area contributed by atoms with Crippen LogP contribution in [0.3, 0.4) is 0 Å². The van der Waals surface area contributed by atoms with Crippen LogP contribution in [0.15, 0.2) is 30.5 Å². The Morgan fingerprint density at radius 2 is 2.17 bits per heavy atom. The van der Waals surface area contributed by atoms with Crippen molar-refractivity contribution in [1.29, 1.82) is 5.26 Å². The van der Waals surface area contributed by atoms with Crippen molar-refractivity contribution in [1.82, 2.24) is 14.9 Å². The Bertz CT molecular complexity index is 841. The molecular weight excluding hydrogens is 294 g/mol. The molecule has 2 heterocycles. The number of fused-ring (bicyclic) bond motifs is 1. The number of carbonyl (C=O) groups is 2. The number of primary amides is 1. The van der Waals surface area contributed by atoms with E-state index in [2.05, 4.69) is 9.97 Å². The van der Waals surface area contributed by atoms with Gasteiger partial charge in [0.05, 0.1) is 23.9 Å². The number of aromatic nitrogens is 2. The van der Waals surface area contributed by atoms with Crippen LogP contribution in [0.4, 0.5) is 0 Å². The van der Waals surface area contributed by atoms with Gasteiger partial charge in [-0.15, -0.1) is 0 Å². The van der Waals surface area contributed by atoms with E-state index in [1.54, 1.807) is 35.4 Å². The van der Waals surface area contributed by atoms with Crippen LogP contribution >= 0.6 is 0 Å². The summed E-state index contributed by atoms with van der Waals surface area (Å²) in [5.41, 5.74) is 7.62. The molecule has 0 bridgehead atoms. The molecule has 7 nitrogen and oxygen atoms in total. The molecule has 2 amide bonds. The van der Waals surface area contributed by atoms with Crippen LogP contribution in [0.1, 0.15) is 37.8 Å². The molecule has 0 unspecified atom stereocenters. The summed E-state index contributed by atoms with van der Waals surface area (Å²) < 4.78 is 0. The first kappa shape index (κ1) is 14.7. The monoisotopic (exact) mass is 307 g/mol. The Hall–Kier alpha value is -3.27. The molecule has 1 aromatic heterocycles. The highest BCUT2D eigenvalue weighted by Gasteiger charge is 2.24. The van der Waals surface area contributed by atoms with Crippen molar-refractivity contribution in [3.05, 3.63) is 58.7 Å². The first-order valence-electron chi connectivity index (χ1n) is 7.02. The van der Waals surface area contributed by atoms with Gasteiger partial charge in [-0.2, -0.15) is 5.26 Å². The van der Waals surface area contributed by atoms with Crippen LogP contribution in [0.25, 0.3) is 0 Å². The van der Waals surface area contributed by atoms with Gasteiger partial charge in [-0.1, -0.05) is 6.07 Å². The molecular formula is C16H13N5O2. The maximum atomic E-state index is 12.6. The Morgan fingerprint density at radius 3 is 2.91 bits per heavy atom. The molecule has 3 rings (SSSR count). The van der Waals surface area contributed by atoms with Gasteiger partial charge in [0.1, 0.15) is 0 Å². The average molecular weight is 307 g/mol. The van der Waals surface area contributed by atoms with Crippen molar-refractivity contribution in [2.45, 2.75) is 13.0 Å². The number of rotatable bonds is 2. The fourth-order valence-electron chi connectivity index (χ4n) is 2.50. The van der Waals surface area contributed by atoms with E-state index in [1.165, 1.54) is 0 Å². The molecule has 0 radical (unpaired) electrons. The molecule has 114 valence electrons. The smallest absolute Gasteiger partial charge is 0.286 e. The van der Waals surface area contributed by atoms with Gasteiger partial charge in [-0.05, 0) is 30.2 Å². The highest BCUT2D eigenvalue weighted by molar-refractivity contribution is 5.94. The largest absolute Gasteiger partial charge is 0.363 e. The highest BCUT2D eigenvalue weighted by Crippen LogP contribution is 2.19. The summed E-state index contributed by atoms with van der Waals surface area (Å²) in [7, 11) is 0. The van der Waals surface area contributed by atoms with Crippen molar-refractivity contribution >= 4 is 11.8 Å². The maximum absolute atomic E-state index is 12.6. The predicted octanol–water partition coefficient (Wildman–Crippen LogP) is 0.646. The molecule has 0 atom stereocenters. The Balaban J connectivity index is 1.86. The molecule has 0 fully saturated rings. The number of nitrogens with zero attached hydrogens (tertiary/aromatic N) is 4. The SMILES string of the molecule is N#Cc1cccc(C(=O)N2CCc3cnc(C(N)=O)nc3C2)c1. The van der Waals surface area contributed by atoms with E-state index in [0.29, 0.717) is 29.8 Å². The van der Waals surface area contributed by atoms with Crippen LogP contribution in [-0.4, -0.2) is 33.2 Å². The van der Waals surface area contributed by atoms with Gasteiger partial charge >= 0.3 is 0 Å². The number of hydrogen-bond acceptors (Lipinski definition) is 5. The average Bonchev–Trinajstić information content (AvgIpc) is 2.60. The normalized spacial score (nSPS) is 13.1. The molecule has 1 aliphatic rings. The fraction of sp³-hybridized carbons (Fsp3) is 0.188. The zero-order chi connectivity index (χ0) is 16.4. The fourth-order valence-corrected chi connectivity index (χ4v) is 2.50. The van der Waals surface area contributed by atoms with Gasteiger partial charge in [-0.25, -0.2) is 9.97 Å². The van der Waals surface area contributed by atoms with Crippen molar-refractivity contribution in [3.8, 4) is 6.07 Å². The standard InChI is InChI=1S/C16H13N5O2/c17-7-10-2-1-3-11(6-10)16(23)21-5-4-12-8-19-15(14(18)22)20-13(12)9-21/h1-3,6,8H,4-5,9H2,(H2,18,22). The Labute approximate surface area is 132 Å². The second-order valence-corrected chi connectivity index (χ2v) is 5.20. The Kier molecular flexibility index (Phi) is 3.73. The van der Waals surface area contributed by atoms with Gasteiger partial charge < -0.3 is 10.6 Å². The predicted molar refractivity (Wildman–Crippen MR) is 80.2 cm³/mol. The summed E-state index contributed by atoms with van der Waals surface area (Å²) in [5.74, 6) is -0.922. The zero-order valence-corrected chi connectivity index (χ0v) is 12.2. The zero-order valence-electron chi connectivity index (χ0n) is 12.2. The molecule has 0 saturated carbocycles. The van der Waals surface area contributed by atoms with Crippen molar-refractivity contribution in [2.75, 3.05) is 6.54 Å². The topological polar surface area (TPSA) is 113 Å². The van der Waals surface area contributed by atoms with Crippen LogP contribution < -0.4 is 5.73 Å². The van der Waals surface area contributed by atoms with E-state index in [4.69, 9.17) is 11.0 Å². The molecule has 0 saturated heterocycles. The summed E-state index contributed by atoms with van der Waals surface area (Å²) in [6.45, 7) is 0.815. The molecule has 7 heteroatoms. The second-order valence-electron chi connectivity index (χ2n) is 5.20. The molecule has 2 N–H and O–H groups in total. The van der Waals surface area contributed by atoms with Gasteiger partial charge in [0, 0.05) is 18.3 Å². The van der Waals surface area contributed by atoms with Crippen LogP contribution in [0.2, 0.25) is 0 Å². The van der Waals surface area contributed by atoms with Crippen molar-refractivity contribution < 1.29 is 9.59 Å².